The molecule has 1 N–H and O–H groups in total. The van der Waals surface area contributed by atoms with Crippen LogP contribution in [0, 0.1) is 19.3 Å². The minimum Gasteiger partial charge on any atom is -0.340 e. The number of nitrogens with one attached hydrogen (secondary N) is 1. The molecule has 104 valence electrons. The number of imidazole rings is 1. The number of carbonyl (C=O) groups excluding carboxylic acids is 1. The van der Waals surface area contributed by atoms with Crippen LogP contribution >= 0.6 is 0 Å². The van der Waals surface area contributed by atoms with Crippen molar-refractivity contribution in [3.8, 4) is 12.3 Å². The number of terminal acetylenes is 1. The largest absolute Gasteiger partial charge is 0.435 e. The Morgan fingerprint density at radius 3 is 2.80 bits per heavy atom. The minimum atomic E-state index is -4.72. The lowest BCUT2D eigenvalue weighted by molar-refractivity contribution is -0.141. The summed E-state index contributed by atoms with van der Waals surface area (Å²) in [7, 11) is 0. The number of rotatable bonds is 2. The van der Waals surface area contributed by atoms with Gasteiger partial charge in [-0.3, -0.25) is 9.20 Å². The summed E-state index contributed by atoms with van der Waals surface area (Å²) >= 11 is 0. The van der Waals surface area contributed by atoms with E-state index < -0.39 is 23.5 Å². The second kappa shape index (κ2) is 4.89. The molecule has 0 aliphatic heterocycles. The Labute approximate surface area is 112 Å². The lowest BCUT2D eigenvalue weighted by atomic mass is 10.2. The predicted octanol–water partition coefficient (Wildman–Crippen LogP) is 2.02. The molecule has 0 spiro atoms. The van der Waals surface area contributed by atoms with Crippen LogP contribution < -0.4 is 5.32 Å². The molecule has 0 unspecified atom stereocenters. The number of pyridine rings is 1. The van der Waals surface area contributed by atoms with E-state index in [1.165, 1.54) is 12.3 Å². The van der Waals surface area contributed by atoms with Gasteiger partial charge in [-0.25, -0.2) is 4.98 Å². The Hall–Kier alpha value is -2.49. The molecule has 0 atom stereocenters. The predicted molar refractivity (Wildman–Crippen MR) is 66.1 cm³/mol. The molecule has 0 saturated heterocycles. The van der Waals surface area contributed by atoms with Crippen molar-refractivity contribution in [1.29, 1.82) is 0 Å². The number of nitrogens with zero attached hydrogens (tertiary/aromatic N) is 2. The Kier molecular flexibility index (Phi) is 3.40. The van der Waals surface area contributed by atoms with E-state index in [1.54, 1.807) is 13.0 Å². The summed E-state index contributed by atoms with van der Waals surface area (Å²) in [4.78, 5) is 15.4. The second-order valence-corrected chi connectivity index (χ2v) is 4.13. The number of aryl methyl sites for hydroxylation is 1. The molecule has 0 fully saturated rings. The zero-order valence-electron chi connectivity index (χ0n) is 10.5. The van der Waals surface area contributed by atoms with Gasteiger partial charge in [0.1, 0.15) is 11.3 Å². The lowest BCUT2D eigenvalue weighted by Gasteiger charge is -2.07. The van der Waals surface area contributed by atoms with E-state index >= 15 is 0 Å². The third kappa shape index (κ3) is 2.45. The number of carbonyl (C=O) groups is 1. The maximum atomic E-state index is 13.0. The normalized spacial score (nSPS) is 11.3. The molecule has 0 aliphatic carbocycles. The van der Waals surface area contributed by atoms with Crippen LogP contribution in [0.1, 0.15) is 21.7 Å². The molecular weight excluding hydrogens is 271 g/mol. The Bertz CT molecular complexity index is 710. The van der Waals surface area contributed by atoms with E-state index in [4.69, 9.17) is 6.42 Å². The number of fused-ring (bicyclic) bond motifs is 1. The molecule has 4 nitrogen and oxygen atoms in total. The van der Waals surface area contributed by atoms with Crippen molar-refractivity contribution in [3.63, 3.8) is 0 Å². The molecule has 0 radical (unpaired) electrons. The Morgan fingerprint density at radius 2 is 2.20 bits per heavy atom. The fraction of sp³-hybridized carbons (Fsp3) is 0.231. The fourth-order valence-corrected chi connectivity index (χ4v) is 1.78. The Balaban J connectivity index is 2.67. The van der Waals surface area contributed by atoms with Gasteiger partial charge in [0.15, 0.2) is 5.69 Å². The van der Waals surface area contributed by atoms with Gasteiger partial charge in [-0.2, -0.15) is 13.2 Å². The lowest BCUT2D eigenvalue weighted by Crippen LogP contribution is -2.27. The summed E-state index contributed by atoms with van der Waals surface area (Å²) in [6.45, 7) is 1.55. The van der Waals surface area contributed by atoms with Crippen molar-refractivity contribution in [1.82, 2.24) is 14.7 Å². The van der Waals surface area contributed by atoms with E-state index in [-0.39, 0.29) is 12.2 Å². The van der Waals surface area contributed by atoms with Crippen molar-refractivity contribution in [2.24, 2.45) is 0 Å². The monoisotopic (exact) mass is 281 g/mol. The van der Waals surface area contributed by atoms with Gasteiger partial charge in [0.25, 0.3) is 5.91 Å². The highest BCUT2D eigenvalue weighted by atomic mass is 19.4. The molecule has 0 bridgehead atoms. The van der Waals surface area contributed by atoms with E-state index in [0.29, 0.717) is 5.56 Å². The summed E-state index contributed by atoms with van der Waals surface area (Å²) in [5, 5.41) is 2.22. The molecule has 20 heavy (non-hydrogen) atoms. The number of alkyl halides is 3. The fourth-order valence-electron chi connectivity index (χ4n) is 1.78. The molecule has 2 heterocycles. The smallest absolute Gasteiger partial charge is 0.340 e. The first kappa shape index (κ1) is 13.9. The summed E-state index contributed by atoms with van der Waals surface area (Å²) in [6, 6.07) is 3.04. The first-order valence-corrected chi connectivity index (χ1v) is 5.62. The van der Waals surface area contributed by atoms with Crippen molar-refractivity contribution >= 4 is 11.6 Å². The molecule has 0 aliphatic rings. The molecule has 0 aromatic carbocycles. The van der Waals surface area contributed by atoms with Crippen LogP contribution in [-0.2, 0) is 6.18 Å². The number of aromatic nitrogens is 2. The van der Waals surface area contributed by atoms with E-state index in [1.807, 2.05) is 0 Å². The number of halogens is 3. The quantitative estimate of drug-likeness (QED) is 0.856. The van der Waals surface area contributed by atoms with Gasteiger partial charge >= 0.3 is 6.18 Å². The molecular formula is C13H10F3N3O. The van der Waals surface area contributed by atoms with Gasteiger partial charge in [-0.15, -0.1) is 6.42 Å². The van der Waals surface area contributed by atoms with Crippen LogP contribution in [-0.4, -0.2) is 21.8 Å². The highest BCUT2D eigenvalue weighted by Gasteiger charge is 2.40. The van der Waals surface area contributed by atoms with Crippen LogP contribution in [0.25, 0.3) is 5.65 Å². The second-order valence-electron chi connectivity index (χ2n) is 4.13. The van der Waals surface area contributed by atoms with E-state index in [0.717, 1.165) is 4.40 Å². The molecule has 2 aromatic rings. The van der Waals surface area contributed by atoms with Gasteiger partial charge < -0.3 is 5.32 Å². The van der Waals surface area contributed by atoms with Gasteiger partial charge in [0.2, 0.25) is 0 Å². The molecule has 2 aromatic heterocycles. The van der Waals surface area contributed by atoms with Crippen LogP contribution in [0.2, 0.25) is 0 Å². The first-order chi connectivity index (χ1) is 9.34. The number of hydrogen-bond donors (Lipinski definition) is 1. The summed E-state index contributed by atoms with van der Waals surface area (Å²) in [5.41, 5.74) is -1.03. The van der Waals surface area contributed by atoms with Crippen molar-refractivity contribution in [2.75, 3.05) is 6.54 Å². The topological polar surface area (TPSA) is 46.4 Å². The third-order valence-electron chi connectivity index (χ3n) is 2.60. The maximum absolute atomic E-state index is 13.0. The third-order valence-corrected chi connectivity index (χ3v) is 2.60. The average Bonchev–Trinajstić information content (AvgIpc) is 2.74. The van der Waals surface area contributed by atoms with E-state index in [9.17, 15) is 18.0 Å². The zero-order chi connectivity index (χ0) is 14.9. The zero-order valence-corrected chi connectivity index (χ0v) is 10.5. The molecule has 2 rings (SSSR count). The Morgan fingerprint density at radius 1 is 1.50 bits per heavy atom. The summed E-state index contributed by atoms with van der Waals surface area (Å²) in [6.07, 6.45) is 1.68. The molecule has 7 heteroatoms. The van der Waals surface area contributed by atoms with Gasteiger partial charge in [-0.1, -0.05) is 12.0 Å². The standard InChI is InChI=1S/C13H10F3N3O/c1-3-6-17-12(20)10-11(13(14,15)16)18-9-5-4-8(2)7-19(9)10/h1,4-5,7H,6H2,2H3,(H,17,20). The van der Waals surface area contributed by atoms with Crippen molar-refractivity contribution in [3.05, 3.63) is 35.3 Å². The van der Waals surface area contributed by atoms with Gasteiger partial charge in [0.05, 0.1) is 6.54 Å². The summed E-state index contributed by atoms with van der Waals surface area (Å²) in [5.74, 6) is 1.23. The van der Waals surface area contributed by atoms with Gasteiger partial charge in [0, 0.05) is 6.20 Å². The average molecular weight is 281 g/mol. The number of amides is 1. The van der Waals surface area contributed by atoms with Crippen LogP contribution in [0.5, 0.6) is 0 Å². The van der Waals surface area contributed by atoms with Crippen LogP contribution in [0.4, 0.5) is 13.2 Å². The van der Waals surface area contributed by atoms with Crippen molar-refractivity contribution in [2.45, 2.75) is 13.1 Å². The molecule has 0 saturated carbocycles. The van der Waals surface area contributed by atoms with Crippen LogP contribution in [0.15, 0.2) is 18.3 Å². The minimum absolute atomic E-state index is 0.0498. The van der Waals surface area contributed by atoms with E-state index in [2.05, 4.69) is 16.2 Å². The maximum Gasteiger partial charge on any atom is 0.435 e. The highest BCUT2D eigenvalue weighted by Crippen LogP contribution is 2.32. The highest BCUT2D eigenvalue weighted by molar-refractivity contribution is 5.95. The SMILES string of the molecule is C#CCNC(=O)c1c(C(F)(F)F)nc2ccc(C)cn12. The number of hydrogen-bond acceptors (Lipinski definition) is 2. The van der Waals surface area contributed by atoms with Gasteiger partial charge in [-0.05, 0) is 18.6 Å². The van der Waals surface area contributed by atoms with Crippen LogP contribution in [0.3, 0.4) is 0 Å². The van der Waals surface area contributed by atoms with Crippen molar-refractivity contribution < 1.29 is 18.0 Å². The first-order valence-electron chi connectivity index (χ1n) is 5.62. The molecule has 1 amide bonds. The summed E-state index contributed by atoms with van der Waals surface area (Å²) < 4.78 is 40.0.